The molecule has 0 fully saturated rings. The maximum atomic E-state index is 13.0. The van der Waals surface area contributed by atoms with E-state index in [0.29, 0.717) is 5.11 Å². The molecule has 0 unspecified atom stereocenters. The average Bonchev–Trinajstić information content (AvgIpc) is 2.86. The van der Waals surface area contributed by atoms with E-state index < -0.39 is 5.92 Å². The van der Waals surface area contributed by atoms with Gasteiger partial charge in [-0.25, -0.2) is 0 Å². The van der Waals surface area contributed by atoms with Crippen molar-refractivity contribution in [3.63, 3.8) is 0 Å². The Labute approximate surface area is 198 Å². The van der Waals surface area contributed by atoms with Crippen molar-refractivity contribution >= 4 is 40.3 Å². The van der Waals surface area contributed by atoms with Crippen molar-refractivity contribution < 1.29 is 4.79 Å². The lowest BCUT2D eigenvalue weighted by Crippen LogP contribution is -2.45. The number of hydrogen-bond acceptors (Lipinski definition) is 3. The fourth-order valence-electron chi connectivity index (χ4n) is 3.46. The highest BCUT2D eigenvalue weighted by molar-refractivity contribution is 7.80. The van der Waals surface area contributed by atoms with Crippen LogP contribution in [0.4, 0.5) is 17.1 Å². The number of thiocarbonyl (C=S) groups is 1. The van der Waals surface area contributed by atoms with Gasteiger partial charge in [0.05, 0.1) is 5.92 Å². The number of amides is 1. The van der Waals surface area contributed by atoms with Crippen LogP contribution < -0.4 is 21.5 Å². The lowest BCUT2D eigenvalue weighted by molar-refractivity contribution is -0.122. The third-order valence-electron chi connectivity index (χ3n) is 5.03. The molecular weight excluding hydrogens is 428 g/mol. The number of hydrazine groups is 1. The Hall–Kier alpha value is -4.16. The summed E-state index contributed by atoms with van der Waals surface area (Å²) in [5.41, 5.74) is 10.2. The topological polar surface area (TPSA) is 65.2 Å². The molecule has 0 heterocycles. The van der Waals surface area contributed by atoms with Gasteiger partial charge in [-0.15, -0.1) is 0 Å². The van der Waals surface area contributed by atoms with Gasteiger partial charge in [-0.1, -0.05) is 78.9 Å². The predicted molar refractivity (Wildman–Crippen MR) is 138 cm³/mol. The third kappa shape index (κ3) is 6.18. The second kappa shape index (κ2) is 10.9. The number of para-hydroxylation sites is 1. The van der Waals surface area contributed by atoms with Crippen molar-refractivity contribution in [1.82, 2.24) is 10.9 Å². The Morgan fingerprint density at radius 3 is 1.58 bits per heavy atom. The first-order valence-electron chi connectivity index (χ1n) is 10.6. The van der Waals surface area contributed by atoms with E-state index in [2.05, 4.69) is 21.5 Å². The standard InChI is InChI=1S/C27H24N4OS/c32-26(25(20-10-4-1-5-11-20)21-12-6-2-7-13-21)30-31-27(33)29-24-18-16-23(17-19-24)28-22-14-8-3-9-15-22/h1-19,25,28H,(H,30,32)(H2,29,31,33). The zero-order valence-electron chi connectivity index (χ0n) is 17.9. The molecule has 4 aromatic rings. The maximum Gasteiger partial charge on any atom is 0.250 e. The molecule has 0 saturated carbocycles. The SMILES string of the molecule is O=C(NNC(=S)Nc1ccc(Nc2ccccc2)cc1)C(c1ccccc1)c1ccccc1. The first kappa shape index (κ1) is 22.0. The molecule has 0 aliphatic carbocycles. The van der Waals surface area contributed by atoms with Crippen LogP contribution in [0.25, 0.3) is 0 Å². The first-order chi connectivity index (χ1) is 16.2. The maximum absolute atomic E-state index is 13.0. The molecule has 4 N–H and O–H groups in total. The van der Waals surface area contributed by atoms with Crippen LogP contribution in [0.1, 0.15) is 17.0 Å². The van der Waals surface area contributed by atoms with E-state index in [1.807, 2.05) is 115 Å². The van der Waals surface area contributed by atoms with Crippen LogP contribution in [-0.4, -0.2) is 11.0 Å². The third-order valence-corrected chi connectivity index (χ3v) is 5.24. The van der Waals surface area contributed by atoms with E-state index in [9.17, 15) is 4.79 Å². The number of hydrogen-bond donors (Lipinski definition) is 4. The molecule has 164 valence electrons. The minimum Gasteiger partial charge on any atom is -0.356 e. The molecule has 1 amide bonds. The Balaban J connectivity index is 1.35. The smallest absolute Gasteiger partial charge is 0.250 e. The number of carbonyl (C=O) groups excluding carboxylic acids is 1. The van der Waals surface area contributed by atoms with E-state index in [0.717, 1.165) is 28.2 Å². The van der Waals surface area contributed by atoms with E-state index >= 15 is 0 Å². The van der Waals surface area contributed by atoms with Gasteiger partial charge in [0.25, 0.3) is 0 Å². The fourth-order valence-corrected chi connectivity index (χ4v) is 3.63. The van der Waals surface area contributed by atoms with Gasteiger partial charge in [0.1, 0.15) is 0 Å². The zero-order chi connectivity index (χ0) is 22.9. The first-order valence-corrected chi connectivity index (χ1v) is 11.0. The van der Waals surface area contributed by atoms with Crippen molar-refractivity contribution in [1.29, 1.82) is 0 Å². The van der Waals surface area contributed by atoms with Crippen molar-refractivity contribution in [2.24, 2.45) is 0 Å². The summed E-state index contributed by atoms with van der Waals surface area (Å²) in [6.07, 6.45) is 0. The average molecular weight is 453 g/mol. The van der Waals surface area contributed by atoms with E-state index in [-0.39, 0.29) is 5.91 Å². The van der Waals surface area contributed by atoms with Crippen LogP contribution >= 0.6 is 12.2 Å². The van der Waals surface area contributed by atoms with Gasteiger partial charge in [0.15, 0.2) is 5.11 Å². The predicted octanol–water partition coefficient (Wildman–Crippen LogP) is 5.58. The highest BCUT2D eigenvalue weighted by atomic mass is 32.1. The summed E-state index contributed by atoms with van der Waals surface area (Å²) in [4.78, 5) is 13.0. The Kier molecular flexibility index (Phi) is 7.30. The number of carbonyl (C=O) groups is 1. The Bertz CT molecular complexity index is 1140. The number of benzene rings is 4. The fraction of sp³-hybridized carbons (Fsp3) is 0.0370. The molecular formula is C27H24N4OS. The zero-order valence-corrected chi connectivity index (χ0v) is 18.7. The summed E-state index contributed by atoms with van der Waals surface area (Å²) in [7, 11) is 0. The van der Waals surface area contributed by atoms with Crippen molar-refractivity contribution in [2.45, 2.75) is 5.92 Å². The molecule has 0 radical (unpaired) electrons. The highest BCUT2D eigenvalue weighted by Crippen LogP contribution is 2.24. The van der Waals surface area contributed by atoms with E-state index in [1.54, 1.807) is 0 Å². The quantitative estimate of drug-likeness (QED) is 0.227. The van der Waals surface area contributed by atoms with Crippen molar-refractivity contribution in [3.05, 3.63) is 126 Å². The molecule has 4 aromatic carbocycles. The highest BCUT2D eigenvalue weighted by Gasteiger charge is 2.22. The normalized spacial score (nSPS) is 10.3. The molecule has 0 spiro atoms. The van der Waals surface area contributed by atoms with Crippen LogP contribution in [0.3, 0.4) is 0 Å². The Morgan fingerprint density at radius 2 is 1.03 bits per heavy atom. The lowest BCUT2D eigenvalue weighted by Gasteiger charge is -2.19. The molecule has 33 heavy (non-hydrogen) atoms. The van der Waals surface area contributed by atoms with Crippen molar-refractivity contribution in [2.75, 3.05) is 10.6 Å². The van der Waals surface area contributed by atoms with E-state index in [1.165, 1.54) is 0 Å². The summed E-state index contributed by atoms with van der Waals surface area (Å²) in [5.74, 6) is -0.648. The summed E-state index contributed by atoms with van der Waals surface area (Å²) >= 11 is 5.36. The molecule has 0 aliphatic rings. The molecule has 0 aromatic heterocycles. The van der Waals surface area contributed by atoms with Crippen LogP contribution in [0.2, 0.25) is 0 Å². The second-order valence-corrected chi connectivity index (χ2v) is 7.80. The summed E-state index contributed by atoms with van der Waals surface area (Å²) in [6.45, 7) is 0. The van der Waals surface area contributed by atoms with Gasteiger partial charge in [-0.3, -0.25) is 15.6 Å². The summed E-state index contributed by atoms with van der Waals surface area (Å²) in [6, 6.07) is 37.0. The molecule has 0 atom stereocenters. The van der Waals surface area contributed by atoms with E-state index in [4.69, 9.17) is 12.2 Å². The Morgan fingerprint density at radius 1 is 0.576 bits per heavy atom. The van der Waals surface area contributed by atoms with Crippen LogP contribution in [0, 0.1) is 0 Å². The van der Waals surface area contributed by atoms with Gasteiger partial charge in [-0.2, -0.15) is 0 Å². The minimum atomic E-state index is -0.453. The van der Waals surface area contributed by atoms with Crippen LogP contribution in [0.5, 0.6) is 0 Å². The second-order valence-electron chi connectivity index (χ2n) is 7.39. The van der Waals surface area contributed by atoms with Gasteiger partial charge < -0.3 is 10.6 Å². The van der Waals surface area contributed by atoms with Gasteiger partial charge >= 0.3 is 0 Å². The molecule has 0 saturated heterocycles. The molecule has 0 bridgehead atoms. The molecule has 5 nitrogen and oxygen atoms in total. The number of anilines is 3. The summed E-state index contributed by atoms with van der Waals surface area (Å²) in [5, 5.41) is 6.72. The van der Waals surface area contributed by atoms with Gasteiger partial charge in [-0.05, 0) is 59.7 Å². The lowest BCUT2D eigenvalue weighted by atomic mass is 9.91. The van der Waals surface area contributed by atoms with Crippen molar-refractivity contribution in [3.8, 4) is 0 Å². The van der Waals surface area contributed by atoms with Crippen LogP contribution in [0.15, 0.2) is 115 Å². The van der Waals surface area contributed by atoms with Gasteiger partial charge in [0, 0.05) is 17.1 Å². The van der Waals surface area contributed by atoms with Gasteiger partial charge in [0.2, 0.25) is 5.91 Å². The number of nitrogens with one attached hydrogen (secondary N) is 4. The minimum absolute atomic E-state index is 0.195. The molecule has 4 rings (SSSR count). The molecule has 6 heteroatoms. The largest absolute Gasteiger partial charge is 0.356 e. The summed E-state index contributed by atoms with van der Waals surface area (Å²) < 4.78 is 0. The number of rotatable bonds is 6. The monoisotopic (exact) mass is 452 g/mol. The molecule has 0 aliphatic heterocycles. The van der Waals surface area contributed by atoms with Crippen LogP contribution in [-0.2, 0) is 4.79 Å².